The van der Waals surface area contributed by atoms with Gasteiger partial charge >= 0.3 is 12.0 Å². The fourth-order valence-electron chi connectivity index (χ4n) is 1.88. The summed E-state index contributed by atoms with van der Waals surface area (Å²) in [4.78, 5) is 12.4. The summed E-state index contributed by atoms with van der Waals surface area (Å²) >= 11 is 0. The van der Waals surface area contributed by atoms with Gasteiger partial charge in [0.05, 0.1) is 12.7 Å². The van der Waals surface area contributed by atoms with Crippen LogP contribution >= 0.6 is 0 Å². The molecule has 2 rings (SSSR count). The molecule has 0 unspecified atom stereocenters. The van der Waals surface area contributed by atoms with Gasteiger partial charge in [0.25, 0.3) is 0 Å². The predicted molar refractivity (Wildman–Crippen MR) is 72.6 cm³/mol. The monoisotopic (exact) mass is 266 g/mol. The van der Waals surface area contributed by atoms with Crippen LogP contribution in [0.4, 0.5) is 5.95 Å². The third-order valence-electron chi connectivity index (χ3n) is 3.14. The average Bonchev–Trinajstić information content (AvgIpc) is 2.31. The molecule has 1 heterocycles. The number of ether oxygens (including phenoxy) is 2. The van der Waals surface area contributed by atoms with E-state index in [2.05, 4.69) is 20.3 Å². The smallest absolute Gasteiger partial charge is 0.324 e. The zero-order valence-electron chi connectivity index (χ0n) is 11.8. The number of hydrogen-bond acceptors (Lipinski definition) is 6. The molecule has 0 atom stereocenters. The molecular formula is C13H22N4O2. The van der Waals surface area contributed by atoms with Gasteiger partial charge in [-0.25, -0.2) is 0 Å². The molecule has 0 aromatic carbocycles. The van der Waals surface area contributed by atoms with Crippen LogP contribution in [0.1, 0.15) is 39.5 Å². The first-order valence-corrected chi connectivity index (χ1v) is 6.90. The van der Waals surface area contributed by atoms with Gasteiger partial charge < -0.3 is 14.8 Å². The molecule has 0 radical (unpaired) electrons. The zero-order valence-corrected chi connectivity index (χ0v) is 11.8. The Morgan fingerprint density at radius 2 is 1.95 bits per heavy atom. The van der Waals surface area contributed by atoms with E-state index in [4.69, 9.17) is 9.47 Å². The predicted octanol–water partition coefficient (Wildman–Crippen LogP) is 2.27. The van der Waals surface area contributed by atoms with Crippen molar-refractivity contribution in [2.45, 2.75) is 45.6 Å². The Labute approximate surface area is 114 Å². The summed E-state index contributed by atoms with van der Waals surface area (Å²) < 4.78 is 11.1. The second kappa shape index (κ2) is 6.54. The summed E-state index contributed by atoms with van der Waals surface area (Å²) in [6, 6.07) is 0.627. The van der Waals surface area contributed by atoms with E-state index in [1.807, 2.05) is 13.8 Å². The van der Waals surface area contributed by atoms with Gasteiger partial charge in [0.15, 0.2) is 0 Å². The van der Waals surface area contributed by atoms with Crippen molar-refractivity contribution in [2.75, 3.05) is 19.0 Å². The molecule has 0 bridgehead atoms. The Hall–Kier alpha value is -1.59. The number of nitrogens with zero attached hydrogens (tertiary/aromatic N) is 3. The van der Waals surface area contributed by atoms with E-state index in [1.54, 1.807) is 7.05 Å². The molecule has 1 aliphatic rings. The van der Waals surface area contributed by atoms with Crippen LogP contribution in [0, 0.1) is 5.92 Å². The van der Waals surface area contributed by atoms with Crippen LogP contribution in [-0.4, -0.2) is 34.7 Å². The molecule has 1 fully saturated rings. The number of nitrogens with one attached hydrogen (secondary N) is 1. The lowest BCUT2D eigenvalue weighted by Gasteiger charge is -2.24. The zero-order chi connectivity index (χ0) is 13.7. The fourth-order valence-corrected chi connectivity index (χ4v) is 1.88. The molecule has 1 saturated carbocycles. The third kappa shape index (κ3) is 4.22. The van der Waals surface area contributed by atoms with Gasteiger partial charge in [0.2, 0.25) is 5.95 Å². The maximum atomic E-state index is 5.59. The van der Waals surface area contributed by atoms with E-state index < -0.39 is 0 Å². The molecule has 0 aliphatic heterocycles. The molecular weight excluding hydrogens is 244 g/mol. The molecule has 0 spiro atoms. The van der Waals surface area contributed by atoms with Gasteiger partial charge in [0, 0.05) is 7.05 Å². The molecule has 1 aromatic heterocycles. The minimum Gasteiger partial charge on any atom is -0.463 e. The Morgan fingerprint density at radius 3 is 2.53 bits per heavy atom. The second-order valence-electron chi connectivity index (χ2n) is 5.07. The Kier molecular flexibility index (Phi) is 4.76. The summed E-state index contributed by atoms with van der Waals surface area (Å²) in [5.74, 6) is 1.28. The van der Waals surface area contributed by atoms with Crippen LogP contribution in [0.25, 0.3) is 0 Å². The number of anilines is 1. The van der Waals surface area contributed by atoms with E-state index in [0.717, 1.165) is 12.3 Å². The van der Waals surface area contributed by atoms with Gasteiger partial charge in [0.1, 0.15) is 0 Å². The first-order chi connectivity index (χ1) is 9.17. The topological polar surface area (TPSA) is 69.2 Å². The standard InChI is InChI=1S/C13H22N4O2/c1-9(2)19-13-16-11(14-3)15-12(17-13)18-8-7-10-5-4-6-10/h9-10H,4-8H2,1-3H3,(H,14,15,16,17). The maximum absolute atomic E-state index is 5.59. The van der Waals surface area contributed by atoms with Crippen LogP contribution in [-0.2, 0) is 0 Å². The number of hydrogen-bond donors (Lipinski definition) is 1. The van der Waals surface area contributed by atoms with Crippen molar-refractivity contribution in [3.8, 4) is 12.0 Å². The summed E-state index contributed by atoms with van der Waals surface area (Å²) in [7, 11) is 1.76. The fraction of sp³-hybridized carbons (Fsp3) is 0.769. The SMILES string of the molecule is CNc1nc(OCCC2CCC2)nc(OC(C)C)n1. The molecule has 6 nitrogen and oxygen atoms in total. The van der Waals surface area contributed by atoms with Crippen LogP contribution in [0.5, 0.6) is 12.0 Å². The first-order valence-electron chi connectivity index (χ1n) is 6.90. The lowest BCUT2D eigenvalue weighted by atomic mass is 9.83. The van der Waals surface area contributed by atoms with E-state index in [1.165, 1.54) is 19.3 Å². The van der Waals surface area contributed by atoms with Crippen molar-refractivity contribution >= 4 is 5.95 Å². The Balaban J connectivity index is 1.92. The van der Waals surface area contributed by atoms with Crippen LogP contribution < -0.4 is 14.8 Å². The van der Waals surface area contributed by atoms with Crippen molar-refractivity contribution in [1.82, 2.24) is 15.0 Å². The largest absolute Gasteiger partial charge is 0.463 e. The number of aromatic nitrogens is 3. The highest BCUT2D eigenvalue weighted by atomic mass is 16.5. The van der Waals surface area contributed by atoms with Crippen LogP contribution in [0.3, 0.4) is 0 Å². The summed E-state index contributed by atoms with van der Waals surface area (Å²) in [6.07, 6.45) is 5.09. The molecule has 19 heavy (non-hydrogen) atoms. The first kappa shape index (κ1) is 13.8. The van der Waals surface area contributed by atoms with E-state index >= 15 is 0 Å². The molecule has 0 amide bonds. The van der Waals surface area contributed by atoms with Gasteiger partial charge in [-0.1, -0.05) is 19.3 Å². The lowest BCUT2D eigenvalue weighted by Crippen LogP contribution is -2.16. The highest BCUT2D eigenvalue weighted by Crippen LogP contribution is 2.29. The van der Waals surface area contributed by atoms with Crippen LogP contribution in [0.15, 0.2) is 0 Å². The second-order valence-corrected chi connectivity index (χ2v) is 5.07. The molecule has 0 saturated heterocycles. The highest BCUT2D eigenvalue weighted by molar-refractivity contribution is 5.26. The van der Waals surface area contributed by atoms with Gasteiger partial charge in [-0.15, -0.1) is 4.98 Å². The van der Waals surface area contributed by atoms with Gasteiger partial charge in [-0.2, -0.15) is 9.97 Å². The maximum Gasteiger partial charge on any atom is 0.324 e. The van der Waals surface area contributed by atoms with Crippen molar-refractivity contribution in [3.63, 3.8) is 0 Å². The van der Waals surface area contributed by atoms with Crippen molar-refractivity contribution < 1.29 is 9.47 Å². The summed E-state index contributed by atoms with van der Waals surface area (Å²) in [5.41, 5.74) is 0. The van der Waals surface area contributed by atoms with Gasteiger partial charge in [-0.3, -0.25) is 0 Å². The van der Waals surface area contributed by atoms with E-state index in [9.17, 15) is 0 Å². The quantitative estimate of drug-likeness (QED) is 0.816. The normalized spacial score (nSPS) is 15.2. The highest BCUT2D eigenvalue weighted by Gasteiger charge is 2.17. The summed E-state index contributed by atoms with van der Waals surface area (Å²) in [6.45, 7) is 4.51. The van der Waals surface area contributed by atoms with E-state index in [-0.39, 0.29) is 6.10 Å². The van der Waals surface area contributed by atoms with Crippen molar-refractivity contribution in [3.05, 3.63) is 0 Å². The molecule has 1 aliphatic carbocycles. The minimum atomic E-state index is 0.0231. The van der Waals surface area contributed by atoms with Crippen molar-refractivity contribution in [1.29, 1.82) is 0 Å². The van der Waals surface area contributed by atoms with E-state index in [0.29, 0.717) is 24.6 Å². The Morgan fingerprint density at radius 1 is 1.21 bits per heavy atom. The van der Waals surface area contributed by atoms with Gasteiger partial charge in [-0.05, 0) is 26.2 Å². The third-order valence-corrected chi connectivity index (χ3v) is 3.14. The Bertz CT molecular complexity index is 408. The van der Waals surface area contributed by atoms with Crippen molar-refractivity contribution in [2.24, 2.45) is 5.92 Å². The lowest BCUT2D eigenvalue weighted by molar-refractivity contribution is 0.197. The molecule has 6 heteroatoms. The van der Waals surface area contributed by atoms with Crippen LogP contribution in [0.2, 0.25) is 0 Å². The molecule has 1 N–H and O–H groups in total. The molecule has 1 aromatic rings. The molecule has 106 valence electrons. The summed E-state index contributed by atoms with van der Waals surface area (Å²) in [5, 5.41) is 2.88. The average molecular weight is 266 g/mol. The minimum absolute atomic E-state index is 0.0231. The number of rotatable bonds is 7.